The Kier molecular flexibility index (Phi) is 8.68. The number of aromatic nitrogens is 2. The molecule has 0 bridgehead atoms. The van der Waals surface area contributed by atoms with Crippen molar-refractivity contribution in [1.82, 2.24) is 9.97 Å². The summed E-state index contributed by atoms with van der Waals surface area (Å²) in [6.45, 7) is 0. The zero-order valence-electron chi connectivity index (χ0n) is 33.5. The van der Waals surface area contributed by atoms with E-state index in [-0.39, 0.29) is 0 Å². The van der Waals surface area contributed by atoms with Crippen LogP contribution in [0.4, 0.5) is 0 Å². The first-order valence-corrected chi connectivity index (χ1v) is 21.7. The summed E-state index contributed by atoms with van der Waals surface area (Å²) in [6.07, 6.45) is 0. The van der Waals surface area contributed by atoms with Crippen LogP contribution in [0.2, 0.25) is 0 Å². The van der Waals surface area contributed by atoms with E-state index in [9.17, 15) is 0 Å². The molecule has 0 atom stereocenters. The maximum Gasteiger partial charge on any atom is 0.160 e. The maximum absolute atomic E-state index is 6.75. The molecule has 3 aromatic heterocycles. The molecule has 62 heavy (non-hydrogen) atoms. The third-order valence-electron chi connectivity index (χ3n) is 11.9. The van der Waals surface area contributed by atoms with Gasteiger partial charge in [-0.25, -0.2) is 9.97 Å². The summed E-state index contributed by atoms with van der Waals surface area (Å²) in [5, 5.41) is 4.84. The molecule has 0 aliphatic rings. The summed E-state index contributed by atoms with van der Waals surface area (Å²) in [4.78, 5) is 10.4. The van der Waals surface area contributed by atoms with Crippen molar-refractivity contribution < 1.29 is 4.42 Å². The highest BCUT2D eigenvalue weighted by Gasteiger charge is 2.19. The molecule has 0 saturated carbocycles. The largest absolute Gasteiger partial charge is 0.455 e. The number of rotatable bonds is 7. The fourth-order valence-electron chi connectivity index (χ4n) is 8.84. The lowest BCUT2D eigenvalue weighted by atomic mass is 9.93. The van der Waals surface area contributed by atoms with Crippen molar-refractivity contribution in [2.45, 2.75) is 0 Å². The number of hydrogen-bond acceptors (Lipinski definition) is 4. The minimum Gasteiger partial charge on any atom is -0.455 e. The first-order valence-electron chi connectivity index (χ1n) is 20.9. The summed E-state index contributed by atoms with van der Waals surface area (Å²) in [7, 11) is 0. The molecular formula is C58H36N2OS. The average Bonchev–Trinajstić information content (AvgIpc) is 3.93. The van der Waals surface area contributed by atoms with E-state index < -0.39 is 0 Å². The second-order valence-electron chi connectivity index (χ2n) is 15.7. The number of thiophene rings is 1. The van der Waals surface area contributed by atoms with Crippen LogP contribution < -0.4 is 0 Å². The smallest absolute Gasteiger partial charge is 0.160 e. The zero-order chi connectivity index (χ0) is 41.0. The van der Waals surface area contributed by atoms with E-state index in [1.165, 1.54) is 31.3 Å². The van der Waals surface area contributed by atoms with Crippen LogP contribution in [0.15, 0.2) is 223 Å². The monoisotopic (exact) mass is 808 g/mol. The molecule has 9 aromatic carbocycles. The van der Waals surface area contributed by atoms with Crippen LogP contribution in [-0.2, 0) is 0 Å². The zero-order valence-corrected chi connectivity index (χ0v) is 34.3. The Morgan fingerprint density at radius 1 is 0.323 bits per heavy atom. The van der Waals surface area contributed by atoms with Crippen LogP contribution in [0.1, 0.15) is 0 Å². The quantitative estimate of drug-likeness (QED) is 0.161. The third-order valence-corrected chi connectivity index (χ3v) is 13.0. The molecule has 12 rings (SSSR count). The number of fused-ring (bicyclic) bond motifs is 6. The Hall–Kier alpha value is -7.92. The van der Waals surface area contributed by atoms with Crippen LogP contribution in [0, 0.1) is 0 Å². The van der Waals surface area contributed by atoms with Gasteiger partial charge in [-0.1, -0.05) is 170 Å². The summed E-state index contributed by atoms with van der Waals surface area (Å²) < 4.78 is 9.34. The first kappa shape index (κ1) is 36.0. The number of para-hydroxylation sites is 1. The van der Waals surface area contributed by atoms with Crippen LogP contribution in [0.3, 0.4) is 0 Å². The van der Waals surface area contributed by atoms with E-state index in [1.807, 2.05) is 35.6 Å². The molecule has 0 amide bonds. The minimum absolute atomic E-state index is 0.682. The van der Waals surface area contributed by atoms with Crippen molar-refractivity contribution in [3.05, 3.63) is 218 Å². The summed E-state index contributed by atoms with van der Waals surface area (Å²) >= 11 is 1.85. The van der Waals surface area contributed by atoms with Crippen LogP contribution in [-0.4, -0.2) is 9.97 Å². The molecule has 0 fully saturated rings. The topological polar surface area (TPSA) is 38.9 Å². The van der Waals surface area contributed by atoms with Gasteiger partial charge < -0.3 is 4.42 Å². The van der Waals surface area contributed by atoms with E-state index in [0.717, 1.165) is 83.4 Å². The highest BCUT2D eigenvalue weighted by atomic mass is 32.1. The van der Waals surface area contributed by atoms with Crippen LogP contribution >= 0.6 is 11.3 Å². The summed E-state index contributed by atoms with van der Waals surface area (Å²) in [5.74, 6) is 0.682. The van der Waals surface area contributed by atoms with Gasteiger partial charge in [-0.3, -0.25) is 0 Å². The predicted molar refractivity (Wildman–Crippen MR) is 260 cm³/mol. The fourth-order valence-corrected chi connectivity index (χ4v) is 9.98. The Balaban J connectivity index is 0.976. The lowest BCUT2D eigenvalue weighted by Crippen LogP contribution is -1.96. The highest BCUT2D eigenvalue weighted by molar-refractivity contribution is 7.25. The molecule has 3 heterocycles. The Bertz CT molecular complexity index is 3550. The van der Waals surface area contributed by atoms with E-state index in [2.05, 4.69) is 194 Å². The number of nitrogens with zero attached hydrogens (tertiary/aromatic N) is 2. The van der Waals surface area contributed by atoms with Gasteiger partial charge in [0.15, 0.2) is 5.82 Å². The molecular weight excluding hydrogens is 773 g/mol. The van der Waals surface area contributed by atoms with Gasteiger partial charge in [0.25, 0.3) is 0 Å². The van der Waals surface area contributed by atoms with Crippen molar-refractivity contribution in [1.29, 1.82) is 0 Å². The third kappa shape index (κ3) is 6.37. The van der Waals surface area contributed by atoms with E-state index in [4.69, 9.17) is 14.4 Å². The van der Waals surface area contributed by atoms with Crippen molar-refractivity contribution in [3.63, 3.8) is 0 Å². The Morgan fingerprint density at radius 2 is 0.855 bits per heavy atom. The molecule has 0 saturated heterocycles. The number of benzene rings is 9. The molecule has 0 radical (unpaired) electrons. The molecule has 12 aromatic rings. The standard InChI is InChI=1S/C58H36N2OS/c1-4-14-37(15-5-1)43-32-44(38-16-6-2-7-17-38)34-45(33-43)52-36-51(59-58(60-52)41-18-8-3-9-19-41)40-26-24-39(25-27-40)47-31-30-46(56-50-21-10-12-22-53(50)61-57(47)56)42-28-29-49-48-20-11-13-23-54(48)62-55(49)35-42/h1-36H. The maximum atomic E-state index is 6.75. The molecule has 0 aliphatic carbocycles. The van der Waals surface area contributed by atoms with Gasteiger partial charge in [0.2, 0.25) is 0 Å². The Morgan fingerprint density at radius 3 is 1.56 bits per heavy atom. The molecule has 0 N–H and O–H groups in total. The van der Waals surface area contributed by atoms with Gasteiger partial charge in [-0.15, -0.1) is 11.3 Å². The minimum atomic E-state index is 0.682. The summed E-state index contributed by atoms with van der Waals surface area (Å²) in [5.41, 5.74) is 15.5. The normalized spacial score (nSPS) is 11.5. The molecule has 0 aliphatic heterocycles. The van der Waals surface area contributed by atoms with Crippen molar-refractivity contribution in [2.24, 2.45) is 0 Å². The average molecular weight is 809 g/mol. The van der Waals surface area contributed by atoms with E-state index in [0.29, 0.717) is 5.82 Å². The first-order chi connectivity index (χ1) is 30.7. The molecule has 0 spiro atoms. The van der Waals surface area contributed by atoms with Gasteiger partial charge in [-0.05, 0) is 87.5 Å². The fraction of sp³-hybridized carbons (Fsp3) is 0. The lowest BCUT2D eigenvalue weighted by Gasteiger charge is -2.13. The number of hydrogen-bond donors (Lipinski definition) is 0. The highest BCUT2D eigenvalue weighted by Crippen LogP contribution is 2.44. The van der Waals surface area contributed by atoms with Crippen molar-refractivity contribution >= 4 is 53.4 Å². The summed E-state index contributed by atoms with van der Waals surface area (Å²) in [6, 6.07) is 77.3. The van der Waals surface area contributed by atoms with Gasteiger partial charge in [0.05, 0.1) is 11.4 Å². The number of furan rings is 1. The SMILES string of the molecule is c1ccc(-c2cc(-c3ccccc3)cc(-c3cc(-c4ccc(-c5ccc(-c6ccc7c(c6)sc6ccccc67)c6c5oc5ccccc56)cc4)nc(-c4ccccc4)n3)c2)cc1. The molecule has 3 nitrogen and oxygen atoms in total. The second kappa shape index (κ2) is 15.0. The van der Waals surface area contributed by atoms with Crippen molar-refractivity contribution in [3.8, 4) is 78.4 Å². The van der Waals surface area contributed by atoms with E-state index in [1.54, 1.807) is 0 Å². The molecule has 0 unspecified atom stereocenters. The molecule has 4 heteroatoms. The predicted octanol–water partition coefficient (Wildman–Crippen LogP) is 16.4. The molecule has 290 valence electrons. The van der Waals surface area contributed by atoms with Gasteiger partial charge in [0, 0.05) is 53.2 Å². The van der Waals surface area contributed by atoms with Gasteiger partial charge in [-0.2, -0.15) is 0 Å². The lowest BCUT2D eigenvalue weighted by molar-refractivity contribution is 0.670. The van der Waals surface area contributed by atoms with Gasteiger partial charge >= 0.3 is 0 Å². The van der Waals surface area contributed by atoms with Crippen molar-refractivity contribution in [2.75, 3.05) is 0 Å². The van der Waals surface area contributed by atoms with E-state index >= 15 is 0 Å². The Labute approximate surface area is 362 Å². The van der Waals surface area contributed by atoms with Gasteiger partial charge in [0.1, 0.15) is 11.2 Å². The van der Waals surface area contributed by atoms with Crippen LogP contribution in [0.5, 0.6) is 0 Å². The second-order valence-corrected chi connectivity index (χ2v) is 16.8. The van der Waals surface area contributed by atoms with Crippen LogP contribution in [0.25, 0.3) is 121 Å².